The van der Waals surface area contributed by atoms with E-state index in [-0.39, 0.29) is 12.2 Å². The number of fused-ring (bicyclic) bond motifs is 1. The Labute approximate surface area is 264 Å². The summed E-state index contributed by atoms with van der Waals surface area (Å²) in [6, 6.07) is 14.6. The lowest BCUT2D eigenvalue weighted by Gasteiger charge is -2.26. The van der Waals surface area contributed by atoms with Crippen molar-refractivity contribution in [2.24, 2.45) is 11.1 Å². The van der Waals surface area contributed by atoms with Crippen molar-refractivity contribution in [1.82, 2.24) is 9.88 Å². The number of hydrogen-bond acceptors (Lipinski definition) is 8. The molecule has 1 aliphatic carbocycles. The molecule has 46 heavy (non-hydrogen) atoms. The number of aromatic nitrogens is 1. The lowest BCUT2D eigenvalue weighted by atomic mass is 9.96. The summed E-state index contributed by atoms with van der Waals surface area (Å²) in [4.78, 5) is 32.3. The number of nitrogens with two attached hydrogens (primary N) is 1. The standard InChI is InChI=1S/C34H34F2N4O6/c1-43-30-18-24-27(19-31(30)45-14-2-11-40-12-15-44-16-13-40)38-10-9-28(24)46-29-8-3-21(17-26(29)36)25-20-34(25,32(37)41)33(42)39-23-6-4-22(35)5-7-23/h3-10,17-19,25H,2,11-16,20H2,1H3,(H2,37,41)(H,39,42). The number of hydrogen-bond donors (Lipinski definition) is 2. The Morgan fingerprint density at radius 2 is 1.80 bits per heavy atom. The van der Waals surface area contributed by atoms with E-state index in [2.05, 4.69) is 15.2 Å². The quantitative estimate of drug-likeness (QED) is 0.165. The van der Waals surface area contributed by atoms with Crippen molar-refractivity contribution in [3.8, 4) is 23.0 Å². The van der Waals surface area contributed by atoms with Gasteiger partial charge < -0.3 is 30.0 Å². The van der Waals surface area contributed by atoms with Crippen LogP contribution in [0.3, 0.4) is 0 Å². The van der Waals surface area contributed by atoms with E-state index >= 15 is 4.39 Å². The van der Waals surface area contributed by atoms with Crippen molar-refractivity contribution in [3.63, 3.8) is 0 Å². The number of ether oxygens (including phenoxy) is 4. The Hall–Kier alpha value is -4.81. The van der Waals surface area contributed by atoms with E-state index in [0.29, 0.717) is 46.0 Å². The normalized spacial score (nSPS) is 19.4. The number of nitrogens with one attached hydrogen (secondary N) is 1. The fraction of sp³-hybridized carbons (Fsp3) is 0.324. The molecule has 2 aliphatic rings. The Morgan fingerprint density at radius 3 is 2.52 bits per heavy atom. The zero-order valence-corrected chi connectivity index (χ0v) is 25.3. The van der Waals surface area contributed by atoms with Crippen LogP contribution in [0.4, 0.5) is 14.5 Å². The fourth-order valence-electron chi connectivity index (χ4n) is 5.80. The highest BCUT2D eigenvalue weighted by Gasteiger charge is 2.65. The molecule has 4 aromatic rings. The topological polar surface area (TPSA) is 125 Å². The highest BCUT2D eigenvalue weighted by Crippen LogP contribution is 2.60. The average Bonchev–Trinajstić information content (AvgIpc) is 3.83. The SMILES string of the molecule is COc1cc2c(Oc3ccc(C4CC4(C(N)=O)C(=O)Nc4ccc(F)cc4)cc3F)ccnc2cc1OCCCN1CCOCC1. The Balaban J connectivity index is 1.15. The minimum absolute atomic E-state index is 0.0558. The van der Waals surface area contributed by atoms with Crippen LogP contribution in [0.15, 0.2) is 66.9 Å². The third kappa shape index (κ3) is 6.44. The molecule has 3 N–H and O–H groups in total. The first-order valence-electron chi connectivity index (χ1n) is 15.0. The average molecular weight is 633 g/mol. The molecule has 0 radical (unpaired) electrons. The largest absolute Gasteiger partial charge is 0.493 e. The van der Waals surface area contributed by atoms with E-state index in [0.717, 1.165) is 39.3 Å². The van der Waals surface area contributed by atoms with Gasteiger partial charge in [-0.25, -0.2) is 8.78 Å². The summed E-state index contributed by atoms with van der Waals surface area (Å²) in [5.74, 6) is -1.90. The maximum Gasteiger partial charge on any atom is 0.240 e. The minimum atomic E-state index is -1.55. The Kier molecular flexibility index (Phi) is 9.00. The zero-order chi connectivity index (χ0) is 32.3. The molecule has 0 spiro atoms. The predicted molar refractivity (Wildman–Crippen MR) is 166 cm³/mol. The van der Waals surface area contributed by atoms with Gasteiger partial charge in [-0.2, -0.15) is 0 Å². The van der Waals surface area contributed by atoms with Gasteiger partial charge in [-0.15, -0.1) is 0 Å². The summed E-state index contributed by atoms with van der Waals surface area (Å²) in [5.41, 5.74) is 5.42. The number of carbonyl (C=O) groups excluding carboxylic acids is 2. The third-order valence-corrected chi connectivity index (χ3v) is 8.45. The van der Waals surface area contributed by atoms with Gasteiger partial charge in [0, 0.05) is 48.9 Å². The predicted octanol–water partition coefficient (Wildman–Crippen LogP) is 5.01. The first-order chi connectivity index (χ1) is 22.3. The number of carbonyl (C=O) groups is 2. The molecule has 1 saturated heterocycles. The second-order valence-electron chi connectivity index (χ2n) is 11.3. The smallest absolute Gasteiger partial charge is 0.240 e. The number of halogens is 2. The second kappa shape index (κ2) is 13.3. The van der Waals surface area contributed by atoms with Crippen LogP contribution in [0.25, 0.3) is 10.9 Å². The molecule has 2 atom stereocenters. The van der Waals surface area contributed by atoms with E-state index in [9.17, 15) is 14.0 Å². The lowest BCUT2D eigenvalue weighted by molar-refractivity contribution is -0.132. The molecule has 1 aromatic heterocycles. The van der Waals surface area contributed by atoms with Gasteiger partial charge in [-0.3, -0.25) is 19.5 Å². The lowest BCUT2D eigenvalue weighted by Crippen LogP contribution is -2.37. The monoisotopic (exact) mass is 632 g/mol. The van der Waals surface area contributed by atoms with Crippen molar-refractivity contribution in [1.29, 1.82) is 0 Å². The first-order valence-corrected chi connectivity index (χ1v) is 15.0. The zero-order valence-electron chi connectivity index (χ0n) is 25.3. The van der Waals surface area contributed by atoms with Crippen LogP contribution >= 0.6 is 0 Å². The molecule has 1 saturated carbocycles. The number of anilines is 1. The van der Waals surface area contributed by atoms with E-state index in [1.807, 2.05) is 0 Å². The van der Waals surface area contributed by atoms with Crippen LogP contribution in [0.2, 0.25) is 0 Å². The van der Waals surface area contributed by atoms with Crippen molar-refractivity contribution >= 4 is 28.4 Å². The van der Waals surface area contributed by atoms with E-state index in [4.69, 9.17) is 24.7 Å². The molecule has 2 amide bonds. The van der Waals surface area contributed by atoms with Crippen LogP contribution in [-0.4, -0.2) is 68.3 Å². The molecule has 12 heteroatoms. The van der Waals surface area contributed by atoms with E-state index < -0.39 is 34.8 Å². The molecule has 2 heterocycles. The molecule has 240 valence electrons. The summed E-state index contributed by atoms with van der Waals surface area (Å²) < 4.78 is 51.7. The molecule has 3 aromatic carbocycles. The molecule has 2 unspecified atom stereocenters. The van der Waals surface area contributed by atoms with Crippen LogP contribution in [0.1, 0.15) is 24.3 Å². The molecule has 6 rings (SSSR count). The number of nitrogens with zero attached hydrogens (tertiary/aromatic N) is 2. The first kappa shape index (κ1) is 31.2. The molecular weight excluding hydrogens is 598 g/mol. The van der Waals surface area contributed by atoms with Gasteiger partial charge in [-0.1, -0.05) is 6.07 Å². The molecule has 10 nitrogen and oxygen atoms in total. The molecule has 0 bridgehead atoms. The van der Waals surface area contributed by atoms with Gasteiger partial charge in [0.1, 0.15) is 17.0 Å². The van der Waals surface area contributed by atoms with Gasteiger partial charge in [0.25, 0.3) is 0 Å². The molecule has 1 aliphatic heterocycles. The van der Waals surface area contributed by atoms with Crippen molar-refractivity contribution in [3.05, 3.63) is 84.1 Å². The minimum Gasteiger partial charge on any atom is -0.493 e. The van der Waals surface area contributed by atoms with Crippen LogP contribution < -0.4 is 25.3 Å². The van der Waals surface area contributed by atoms with Gasteiger partial charge >= 0.3 is 0 Å². The van der Waals surface area contributed by atoms with Crippen molar-refractivity contribution in [2.45, 2.75) is 18.8 Å². The van der Waals surface area contributed by atoms with Crippen LogP contribution in [-0.2, 0) is 14.3 Å². The summed E-state index contributed by atoms with van der Waals surface area (Å²) in [7, 11) is 1.54. The molecule has 2 fully saturated rings. The van der Waals surface area contributed by atoms with Crippen LogP contribution in [0.5, 0.6) is 23.0 Å². The summed E-state index contributed by atoms with van der Waals surface area (Å²) in [5, 5.41) is 3.21. The van der Waals surface area contributed by atoms with Gasteiger partial charge in [-0.05, 0) is 66.9 Å². The summed E-state index contributed by atoms with van der Waals surface area (Å²) >= 11 is 0. The van der Waals surface area contributed by atoms with Gasteiger partial charge in [0.15, 0.2) is 23.1 Å². The number of amides is 2. The number of methoxy groups -OCH3 is 1. The van der Waals surface area contributed by atoms with Crippen LogP contribution in [0, 0.1) is 17.0 Å². The van der Waals surface area contributed by atoms with Gasteiger partial charge in [0.05, 0.1) is 32.4 Å². The summed E-state index contributed by atoms with van der Waals surface area (Å²) in [6.45, 7) is 4.74. The highest BCUT2D eigenvalue weighted by molar-refractivity contribution is 6.14. The van der Waals surface area contributed by atoms with E-state index in [1.54, 1.807) is 37.6 Å². The fourth-order valence-corrected chi connectivity index (χ4v) is 5.80. The Morgan fingerprint density at radius 1 is 1.02 bits per heavy atom. The Bertz CT molecular complexity index is 1750. The number of pyridine rings is 1. The number of morpholine rings is 1. The second-order valence-corrected chi connectivity index (χ2v) is 11.3. The van der Waals surface area contributed by atoms with Gasteiger partial charge in [0.2, 0.25) is 11.8 Å². The van der Waals surface area contributed by atoms with Crippen molar-refractivity contribution in [2.75, 3.05) is 51.9 Å². The number of rotatable bonds is 12. The number of benzene rings is 3. The number of primary amides is 1. The highest BCUT2D eigenvalue weighted by atomic mass is 19.1. The summed E-state index contributed by atoms with van der Waals surface area (Å²) in [6.07, 6.45) is 2.51. The maximum absolute atomic E-state index is 15.4. The van der Waals surface area contributed by atoms with E-state index in [1.165, 1.54) is 36.4 Å². The molecular formula is C34H34F2N4O6. The van der Waals surface area contributed by atoms with Crippen molar-refractivity contribution < 1.29 is 37.3 Å². The third-order valence-electron chi connectivity index (χ3n) is 8.45. The maximum atomic E-state index is 15.4.